The summed E-state index contributed by atoms with van der Waals surface area (Å²) in [6.07, 6.45) is 2.56. The second-order valence-corrected chi connectivity index (χ2v) is 13.2. The predicted octanol–water partition coefficient (Wildman–Crippen LogP) is 2.14. The highest BCUT2D eigenvalue weighted by molar-refractivity contribution is 7.89. The van der Waals surface area contributed by atoms with Crippen molar-refractivity contribution in [3.8, 4) is 0 Å². The molecule has 1 aromatic heterocycles. The van der Waals surface area contributed by atoms with Gasteiger partial charge in [-0.25, -0.2) is 23.5 Å². The number of hydrogen-bond acceptors (Lipinski definition) is 5. The van der Waals surface area contributed by atoms with Gasteiger partial charge in [0.25, 0.3) is 0 Å². The Morgan fingerprint density at radius 2 is 1.76 bits per heavy atom. The van der Waals surface area contributed by atoms with Crippen LogP contribution >= 0.6 is 0 Å². The van der Waals surface area contributed by atoms with Crippen molar-refractivity contribution in [1.29, 1.82) is 0 Å². The van der Waals surface area contributed by atoms with Crippen LogP contribution in [0.5, 0.6) is 0 Å². The molecule has 0 aliphatic rings. The molecule has 8 heteroatoms. The maximum absolute atomic E-state index is 11.5. The Bertz CT molecular complexity index is 580. The highest BCUT2D eigenvalue weighted by atomic mass is 32.2. The summed E-state index contributed by atoms with van der Waals surface area (Å²) < 4.78 is 29.1. The van der Waals surface area contributed by atoms with Crippen LogP contribution in [0.25, 0.3) is 0 Å². The van der Waals surface area contributed by atoms with E-state index < -0.39 is 24.4 Å². The standard InChI is InChI=1S/C13H25N3O3SSi/c1-10-7-15-12(16-8-10)11(9-20(14,17)18)19-21(5,6)13(2,3)4/h7-8,11H,9H2,1-6H3,(H2,14,17,18)/t11-/m1/s1. The summed E-state index contributed by atoms with van der Waals surface area (Å²) in [5, 5.41) is 5.14. The molecule has 2 N–H and O–H groups in total. The topological polar surface area (TPSA) is 95.2 Å². The fourth-order valence-electron chi connectivity index (χ4n) is 1.47. The second kappa shape index (κ2) is 6.11. The summed E-state index contributed by atoms with van der Waals surface area (Å²) in [5.74, 6) is 0.0437. The molecule has 0 unspecified atom stereocenters. The van der Waals surface area contributed by atoms with Crippen molar-refractivity contribution in [2.24, 2.45) is 5.14 Å². The first-order valence-corrected chi connectivity index (χ1v) is 11.4. The Balaban J connectivity index is 3.12. The fraction of sp³-hybridized carbons (Fsp3) is 0.692. The van der Waals surface area contributed by atoms with E-state index in [9.17, 15) is 8.42 Å². The van der Waals surface area contributed by atoms with Crippen LogP contribution in [0.3, 0.4) is 0 Å². The molecular weight excluding hydrogens is 306 g/mol. The van der Waals surface area contributed by atoms with Gasteiger partial charge in [0.1, 0.15) is 6.10 Å². The van der Waals surface area contributed by atoms with Gasteiger partial charge in [0, 0.05) is 12.4 Å². The van der Waals surface area contributed by atoms with Crippen LogP contribution in [-0.4, -0.2) is 32.5 Å². The number of sulfonamides is 1. The minimum atomic E-state index is -3.68. The Morgan fingerprint density at radius 1 is 1.29 bits per heavy atom. The van der Waals surface area contributed by atoms with Gasteiger partial charge in [0.15, 0.2) is 14.1 Å². The maximum Gasteiger partial charge on any atom is 0.212 e. The molecule has 1 rings (SSSR count). The van der Waals surface area contributed by atoms with Gasteiger partial charge in [-0.2, -0.15) is 0 Å². The van der Waals surface area contributed by atoms with E-state index in [-0.39, 0.29) is 10.8 Å². The number of hydrogen-bond donors (Lipinski definition) is 1. The molecule has 6 nitrogen and oxygen atoms in total. The lowest BCUT2D eigenvalue weighted by molar-refractivity contribution is 0.195. The smallest absolute Gasteiger partial charge is 0.212 e. The van der Waals surface area contributed by atoms with Crippen molar-refractivity contribution in [3.05, 3.63) is 23.8 Å². The molecule has 21 heavy (non-hydrogen) atoms. The lowest BCUT2D eigenvalue weighted by atomic mass is 10.2. The van der Waals surface area contributed by atoms with E-state index in [1.807, 2.05) is 6.92 Å². The molecule has 0 aliphatic heterocycles. The van der Waals surface area contributed by atoms with E-state index in [4.69, 9.17) is 9.56 Å². The molecule has 0 fully saturated rings. The van der Waals surface area contributed by atoms with E-state index in [2.05, 4.69) is 43.8 Å². The zero-order valence-electron chi connectivity index (χ0n) is 13.5. The van der Waals surface area contributed by atoms with Gasteiger partial charge < -0.3 is 4.43 Å². The minimum absolute atomic E-state index is 0.0473. The Hall–Kier alpha value is -0.833. The van der Waals surface area contributed by atoms with Crippen LogP contribution in [0.2, 0.25) is 18.1 Å². The molecule has 0 radical (unpaired) electrons. The molecule has 1 atom stereocenters. The average molecular weight is 332 g/mol. The molecule has 0 amide bonds. The maximum atomic E-state index is 11.5. The third-order valence-corrected chi connectivity index (χ3v) is 8.97. The normalized spacial score (nSPS) is 15.0. The number of nitrogens with two attached hydrogens (primary N) is 1. The summed E-state index contributed by atoms with van der Waals surface area (Å²) in [7, 11) is -5.85. The SMILES string of the molecule is Cc1cnc([C@@H](CS(N)(=O)=O)O[Si](C)(C)C(C)(C)C)nc1. The number of aromatic nitrogens is 2. The van der Waals surface area contributed by atoms with Crippen LogP contribution in [0.1, 0.15) is 38.3 Å². The van der Waals surface area contributed by atoms with Crippen LogP contribution in [0.15, 0.2) is 12.4 Å². The van der Waals surface area contributed by atoms with Crippen LogP contribution in [0, 0.1) is 6.92 Å². The largest absolute Gasteiger partial charge is 0.406 e. The van der Waals surface area contributed by atoms with E-state index in [1.54, 1.807) is 12.4 Å². The van der Waals surface area contributed by atoms with Crippen LogP contribution < -0.4 is 5.14 Å². The van der Waals surface area contributed by atoms with E-state index in [0.29, 0.717) is 5.82 Å². The summed E-state index contributed by atoms with van der Waals surface area (Å²) >= 11 is 0. The molecule has 1 heterocycles. The molecule has 0 aromatic carbocycles. The van der Waals surface area contributed by atoms with Gasteiger partial charge >= 0.3 is 0 Å². The quantitative estimate of drug-likeness (QED) is 0.834. The molecule has 120 valence electrons. The highest BCUT2D eigenvalue weighted by Crippen LogP contribution is 2.39. The van der Waals surface area contributed by atoms with E-state index in [1.165, 1.54) is 0 Å². The molecule has 1 aromatic rings. The highest BCUT2D eigenvalue weighted by Gasteiger charge is 2.40. The van der Waals surface area contributed by atoms with Gasteiger partial charge in [0.05, 0.1) is 5.75 Å². The lowest BCUT2D eigenvalue weighted by Gasteiger charge is -2.38. The summed E-state index contributed by atoms with van der Waals surface area (Å²) in [5.41, 5.74) is 0.903. The van der Waals surface area contributed by atoms with E-state index >= 15 is 0 Å². The van der Waals surface area contributed by atoms with Crippen molar-refractivity contribution in [1.82, 2.24) is 9.97 Å². The lowest BCUT2D eigenvalue weighted by Crippen LogP contribution is -2.43. The Labute approximate surface area is 128 Å². The Morgan fingerprint density at radius 3 is 2.14 bits per heavy atom. The van der Waals surface area contributed by atoms with Gasteiger partial charge in [-0.1, -0.05) is 20.8 Å². The van der Waals surface area contributed by atoms with Crippen molar-refractivity contribution in [2.45, 2.75) is 51.9 Å². The molecule has 0 aliphatic carbocycles. The third kappa shape index (κ3) is 5.46. The zero-order valence-corrected chi connectivity index (χ0v) is 15.4. The summed E-state index contributed by atoms with van der Waals surface area (Å²) in [4.78, 5) is 8.39. The number of aryl methyl sites for hydroxylation is 1. The van der Waals surface area contributed by atoms with Crippen LogP contribution in [-0.2, 0) is 14.4 Å². The average Bonchev–Trinajstić information content (AvgIpc) is 2.25. The first-order chi connectivity index (χ1) is 9.32. The van der Waals surface area contributed by atoms with Crippen molar-refractivity contribution in [2.75, 3.05) is 5.75 Å². The first-order valence-electron chi connectivity index (χ1n) is 6.79. The van der Waals surface area contributed by atoms with Crippen molar-refractivity contribution in [3.63, 3.8) is 0 Å². The molecule has 0 saturated carbocycles. The van der Waals surface area contributed by atoms with Crippen LogP contribution in [0.4, 0.5) is 0 Å². The van der Waals surface area contributed by atoms with Crippen molar-refractivity contribution >= 4 is 18.3 Å². The van der Waals surface area contributed by atoms with Crippen molar-refractivity contribution < 1.29 is 12.8 Å². The first kappa shape index (κ1) is 18.2. The molecule has 0 bridgehead atoms. The molecule has 0 spiro atoms. The van der Waals surface area contributed by atoms with Gasteiger partial charge in [-0.05, 0) is 30.6 Å². The predicted molar refractivity (Wildman–Crippen MR) is 85.8 cm³/mol. The third-order valence-electron chi connectivity index (χ3n) is 3.72. The summed E-state index contributed by atoms with van der Waals surface area (Å²) in [6, 6.07) is 0. The minimum Gasteiger partial charge on any atom is -0.406 e. The molecule has 0 saturated heterocycles. The number of primary sulfonamides is 1. The fourth-order valence-corrected chi connectivity index (χ4v) is 3.49. The molecular formula is C13H25N3O3SSi. The monoisotopic (exact) mass is 331 g/mol. The zero-order chi connectivity index (χ0) is 16.5. The summed E-state index contributed by atoms with van der Waals surface area (Å²) in [6.45, 7) is 12.2. The van der Waals surface area contributed by atoms with Gasteiger partial charge in [0.2, 0.25) is 10.0 Å². The van der Waals surface area contributed by atoms with E-state index in [0.717, 1.165) is 5.56 Å². The van der Waals surface area contributed by atoms with Gasteiger partial charge in [-0.3, -0.25) is 0 Å². The second-order valence-electron chi connectivity index (χ2n) is 6.81. The van der Waals surface area contributed by atoms with Gasteiger partial charge in [-0.15, -0.1) is 0 Å². The number of nitrogens with zero attached hydrogens (tertiary/aromatic N) is 2. The Kier molecular flexibility index (Phi) is 5.30. The number of rotatable bonds is 5.